The van der Waals surface area contributed by atoms with E-state index in [1.807, 2.05) is 12.1 Å². The van der Waals surface area contributed by atoms with Crippen molar-refractivity contribution in [3.05, 3.63) is 34.9 Å². The summed E-state index contributed by atoms with van der Waals surface area (Å²) < 4.78 is 0. The van der Waals surface area contributed by atoms with E-state index in [4.69, 9.17) is 5.26 Å². The summed E-state index contributed by atoms with van der Waals surface area (Å²) in [6, 6.07) is 8.37. The molecular formula is C10H10N2. The molecule has 0 spiro atoms. The Morgan fingerprint density at radius 1 is 1.42 bits per heavy atom. The lowest BCUT2D eigenvalue weighted by molar-refractivity contribution is 0.763. The van der Waals surface area contributed by atoms with Gasteiger partial charge in [0.2, 0.25) is 0 Å². The molecule has 0 radical (unpaired) electrons. The van der Waals surface area contributed by atoms with Crippen LogP contribution in [0.1, 0.15) is 16.7 Å². The summed E-state index contributed by atoms with van der Waals surface area (Å²) in [7, 11) is 0. The first-order chi connectivity index (χ1) is 5.92. The van der Waals surface area contributed by atoms with Crippen molar-refractivity contribution in [1.82, 2.24) is 5.32 Å². The van der Waals surface area contributed by atoms with E-state index in [0.29, 0.717) is 6.42 Å². The van der Waals surface area contributed by atoms with Crippen LogP contribution in [0.15, 0.2) is 18.2 Å². The molecule has 2 heteroatoms. The van der Waals surface area contributed by atoms with E-state index in [9.17, 15) is 0 Å². The molecule has 0 aliphatic carbocycles. The molecule has 1 aromatic rings. The molecule has 1 aliphatic rings. The second kappa shape index (κ2) is 2.96. The zero-order chi connectivity index (χ0) is 8.39. The fourth-order valence-electron chi connectivity index (χ4n) is 1.65. The zero-order valence-corrected chi connectivity index (χ0v) is 6.80. The van der Waals surface area contributed by atoms with Crippen molar-refractivity contribution in [2.24, 2.45) is 0 Å². The summed E-state index contributed by atoms with van der Waals surface area (Å²) in [6.45, 7) is 1.88. The quantitative estimate of drug-likeness (QED) is 0.669. The number of hydrogen-bond acceptors (Lipinski definition) is 2. The Kier molecular flexibility index (Phi) is 1.81. The minimum Gasteiger partial charge on any atom is -0.309 e. The number of benzene rings is 1. The smallest absolute Gasteiger partial charge is 0.0669 e. The minimum absolute atomic E-state index is 0.533. The average Bonchev–Trinajstić information content (AvgIpc) is 2.53. The summed E-state index contributed by atoms with van der Waals surface area (Å²) in [4.78, 5) is 0. The third-order valence-corrected chi connectivity index (χ3v) is 2.26. The largest absolute Gasteiger partial charge is 0.309 e. The van der Waals surface area contributed by atoms with Crippen LogP contribution in [0.4, 0.5) is 0 Å². The van der Waals surface area contributed by atoms with Crippen molar-refractivity contribution in [3.63, 3.8) is 0 Å². The molecule has 2 nitrogen and oxygen atoms in total. The number of hydrogen-bond donors (Lipinski definition) is 1. The zero-order valence-electron chi connectivity index (χ0n) is 6.80. The van der Waals surface area contributed by atoms with Gasteiger partial charge in [-0.05, 0) is 16.7 Å². The predicted octanol–water partition coefficient (Wildman–Crippen LogP) is 1.36. The van der Waals surface area contributed by atoms with Crippen molar-refractivity contribution in [1.29, 1.82) is 5.26 Å². The van der Waals surface area contributed by atoms with Crippen LogP contribution in [0, 0.1) is 11.3 Å². The molecule has 0 fully saturated rings. The Bertz CT molecular complexity index is 336. The van der Waals surface area contributed by atoms with Gasteiger partial charge in [0.1, 0.15) is 0 Å². The third-order valence-electron chi connectivity index (χ3n) is 2.26. The lowest BCUT2D eigenvalue weighted by atomic mass is 10.0. The van der Waals surface area contributed by atoms with Gasteiger partial charge in [0.15, 0.2) is 0 Å². The van der Waals surface area contributed by atoms with Gasteiger partial charge in [0, 0.05) is 13.1 Å². The average molecular weight is 158 g/mol. The molecule has 1 N–H and O–H groups in total. The summed E-state index contributed by atoms with van der Waals surface area (Å²) in [5, 5.41) is 11.9. The molecule has 0 aromatic heterocycles. The topological polar surface area (TPSA) is 35.8 Å². The van der Waals surface area contributed by atoms with Crippen molar-refractivity contribution in [2.75, 3.05) is 0 Å². The first-order valence-corrected chi connectivity index (χ1v) is 4.09. The Balaban J connectivity index is 2.44. The second-order valence-corrected chi connectivity index (χ2v) is 2.99. The molecule has 60 valence electrons. The van der Waals surface area contributed by atoms with Crippen LogP contribution < -0.4 is 5.32 Å². The maximum Gasteiger partial charge on any atom is 0.0669 e. The second-order valence-electron chi connectivity index (χ2n) is 2.99. The SMILES string of the molecule is N#CCc1cccc2c1CNC2. The van der Waals surface area contributed by atoms with Crippen LogP contribution >= 0.6 is 0 Å². The van der Waals surface area contributed by atoms with Gasteiger partial charge >= 0.3 is 0 Å². The van der Waals surface area contributed by atoms with Gasteiger partial charge in [-0.3, -0.25) is 0 Å². The maximum absolute atomic E-state index is 8.58. The number of fused-ring (bicyclic) bond motifs is 1. The lowest BCUT2D eigenvalue weighted by Crippen LogP contribution is -2.00. The normalized spacial score (nSPS) is 13.9. The van der Waals surface area contributed by atoms with E-state index >= 15 is 0 Å². The van der Waals surface area contributed by atoms with Crippen molar-refractivity contribution < 1.29 is 0 Å². The van der Waals surface area contributed by atoms with E-state index in [2.05, 4.69) is 17.5 Å². The van der Waals surface area contributed by atoms with Gasteiger partial charge in [0.05, 0.1) is 12.5 Å². The molecule has 0 saturated heterocycles. The summed E-state index contributed by atoms with van der Waals surface area (Å²) in [5.74, 6) is 0. The summed E-state index contributed by atoms with van der Waals surface area (Å²) in [5.41, 5.74) is 3.86. The highest BCUT2D eigenvalue weighted by Gasteiger charge is 2.12. The van der Waals surface area contributed by atoms with Gasteiger partial charge in [-0.2, -0.15) is 5.26 Å². The van der Waals surface area contributed by atoms with Crippen LogP contribution in [0.25, 0.3) is 0 Å². The molecular weight excluding hydrogens is 148 g/mol. The molecule has 1 aliphatic heterocycles. The Labute approximate surface area is 71.8 Å². The Hall–Kier alpha value is -1.33. The maximum atomic E-state index is 8.58. The summed E-state index contributed by atoms with van der Waals surface area (Å²) in [6.07, 6.45) is 0.533. The molecule has 0 unspecified atom stereocenters. The molecule has 2 rings (SSSR count). The van der Waals surface area contributed by atoms with Gasteiger partial charge in [-0.1, -0.05) is 18.2 Å². The number of nitrogens with zero attached hydrogens (tertiary/aromatic N) is 1. The fourth-order valence-corrected chi connectivity index (χ4v) is 1.65. The molecule has 0 bridgehead atoms. The van der Waals surface area contributed by atoms with E-state index in [1.165, 1.54) is 16.7 Å². The van der Waals surface area contributed by atoms with Crippen LogP contribution in [0.2, 0.25) is 0 Å². The molecule has 0 atom stereocenters. The summed E-state index contributed by atoms with van der Waals surface area (Å²) >= 11 is 0. The van der Waals surface area contributed by atoms with Crippen molar-refractivity contribution in [3.8, 4) is 6.07 Å². The van der Waals surface area contributed by atoms with Crippen LogP contribution in [0.5, 0.6) is 0 Å². The van der Waals surface area contributed by atoms with Gasteiger partial charge in [-0.15, -0.1) is 0 Å². The standard InChI is InChI=1S/C10H10N2/c11-5-4-8-2-1-3-9-6-12-7-10(8)9/h1-3,12H,4,6-7H2. The highest BCUT2D eigenvalue weighted by molar-refractivity contribution is 5.38. The highest BCUT2D eigenvalue weighted by Crippen LogP contribution is 2.19. The fraction of sp³-hybridized carbons (Fsp3) is 0.300. The number of nitriles is 1. The Morgan fingerprint density at radius 2 is 2.33 bits per heavy atom. The van der Waals surface area contributed by atoms with E-state index in [0.717, 1.165) is 13.1 Å². The van der Waals surface area contributed by atoms with Crippen molar-refractivity contribution in [2.45, 2.75) is 19.5 Å². The number of rotatable bonds is 1. The first-order valence-electron chi connectivity index (χ1n) is 4.09. The van der Waals surface area contributed by atoms with Crippen LogP contribution in [-0.4, -0.2) is 0 Å². The van der Waals surface area contributed by atoms with E-state index in [1.54, 1.807) is 0 Å². The van der Waals surface area contributed by atoms with Gasteiger partial charge in [-0.25, -0.2) is 0 Å². The van der Waals surface area contributed by atoms with Gasteiger partial charge in [0.25, 0.3) is 0 Å². The van der Waals surface area contributed by atoms with E-state index < -0.39 is 0 Å². The minimum atomic E-state index is 0.533. The van der Waals surface area contributed by atoms with E-state index in [-0.39, 0.29) is 0 Å². The molecule has 0 amide bonds. The highest BCUT2D eigenvalue weighted by atomic mass is 14.9. The molecule has 1 heterocycles. The first kappa shape index (κ1) is 7.33. The van der Waals surface area contributed by atoms with Gasteiger partial charge < -0.3 is 5.32 Å². The molecule has 12 heavy (non-hydrogen) atoms. The monoisotopic (exact) mass is 158 g/mol. The lowest BCUT2D eigenvalue weighted by Gasteiger charge is -2.02. The predicted molar refractivity (Wildman–Crippen MR) is 46.3 cm³/mol. The van der Waals surface area contributed by atoms with Crippen LogP contribution in [-0.2, 0) is 19.5 Å². The van der Waals surface area contributed by atoms with Crippen LogP contribution in [0.3, 0.4) is 0 Å². The van der Waals surface area contributed by atoms with Crippen molar-refractivity contribution >= 4 is 0 Å². The molecule has 1 aromatic carbocycles. The number of nitrogens with one attached hydrogen (secondary N) is 1. The molecule has 0 saturated carbocycles. The Morgan fingerprint density at radius 3 is 3.17 bits per heavy atom. The third kappa shape index (κ3) is 1.09.